The Labute approximate surface area is 346 Å². The lowest BCUT2D eigenvalue weighted by atomic mass is 10.00. The number of carbonyl (C=O) groups is 4. The van der Waals surface area contributed by atoms with Gasteiger partial charge in [-0.2, -0.15) is 0 Å². The van der Waals surface area contributed by atoms with Gasteiger partial charge >= 0.3 is 12.2 Å². The first-order valence-corrected chi connectivity index (χ1v) is 22.4. The molecule has 12 nitrogen and oxygen atoms in total. The molecule has 0 aromatic carbocycles. The van der Waals surface area contributed by atoms with Crippen LogP contribution < -0.4 is 21.5 Å². The zero-order chi connectivity index (χ0) is 40.9. The highest BCUT2D eigenvalue weighted by Gasteiger charge is 2.25. The molecule has 0 saturated heterocycles. The van der Waals surface area contributed by atoms with E-state index in [0.29, 0.717) is 23.1 Å². The van der Waals surface area contributed by atoms with Crippen molar-refractivity contribution in [1.82, 2.24) is 20.8 Å². The summed E-state index contributed by atoms with van der Waals surface area (Å²) in [6.45, 7) is 14.7. The molecule has 0 radical (unpaired) electrons. The van der Waals surface area contributed by atoms with E-state index in [2.05, 4.69) is 57.4 Å². The first-order chi connectivity index (χ1) is 26.4. The molecule has 16 heteroatoms. The summed E-state index contributed by atoms with van der Waals surface area (Å²) in [5.74, 6) is -0.228. The monoisotopic (exact) mass is 844 g/mol. The standard InChI is InChI=1S/C40H56N6O6S4/c1-25-21-31(17-15-29-23-53-35(43-29)41-27(3)47)55-33(25)13-9-11-19-39(5,6)51-37(49)45-46-38(50)52-40(7,8)20-12-10-14-34-26(2)22-32(56-34)18-16-30-24-54-36(44-30)42-28(4)48/h21-24H,9-20H2,1-8H3,(H,45,49)(H,46,50)(H,41,43,47)(H,42,44,48). The molecule has 0 aliphatic carbocycles. The van der Waals surface area contributed by atoms with Gasteiger partial charge in [-0.05, 0) is 142 Å². The van der Waals surface area contributed by atoms with Gasteiger partial charge < -0.3 is 20.1 Å². The second kappa shape index (κ2) is 21.1. The summed E-state index contributed by atoms with van der Waals surface area (Å²) in [6, 6.07) is 4.50. The molecule has 4 rings (SSSR count). The van der Waals surface area contributed by atoms with E-state index >= 15 is 0 Å². The zero-order valence-electron chi connectivity index (χ0n) is 33.8. The molecule has 4 amide bonds. The van der Waals surface area contributed by atoms with Crippen LogP contribution in [-0.4, -0.2) is 45.2 Å². The Bertz CT molecular complexity index is 1790. The van der Waals surface area contributed by atoms with Crippen LogP contribution in [0.4, 0.5) is 19.9 Å². The van der Waals surface area contributed by atoms with Crippen molar-refractivity contribution in [2.24, 2.45) is 0 Å². The number of nitrogens with zero attached hydrogens (tertiary/aromatic N) is 2. The second-order valence-corrected chi connectivity index (χ2v) is 19.4. The normalized spacial score (nSPS) is 11.6. The third kappa shape index (κ3) is 15.9. The lowest BCUT2D eigenvalue weighted by Crippen LogP contribution is -2.47. The van der Waals surface area contributed by atoms with E-state index < -0.39 is 23.4 Å². The predicted molar refractivity (Wildman–Crippen MR) is 228 cm³/mol. The number of unbranched alkanes of at least 4 members (excludes halogenated alkanes) is 2. The Morgan fingerprint density at radius 3 is 1.38 bits per heavy atom. The van der Waals surface area contributed by atoms with Gasteiger partial charge in [0.05, 0.1) is 11.4 Å². The third-order valence-corrected chi connectivity index (χ3v) is 13.3. The Morgan fingerprint density at radius 2 is 1.00 bits per heavy atom. The fraction of sp³-hybridized carbons (Fsp3) is 0.550. The van der Waals surface area contributed by atoms with Crippen LogP contribution in [0.2, 0.25) is 0 Å². The summed E-state index contributed by atoms with van der Waals surface area (Å²) >= 11 is 6.56. The number of thiophene rings is 2. The average molecular weight is 845 g/mol. The molecule has 0 unspecified atom stereocenters. The smallest absolute Gasteiger partial charge is 0.426 e. The van der Waals surface area contributed by atoms with Gasteiger partial charge in [-0.1, -0.05) is 0 Å². The fourth-order valence-electron chi connectivity index (χ4n) is 6.11. The van der Waals surface area contributed by atoms with Gasteiger partial charge in [0.1, 0.15) is 11.2 Å². The van der Waals surface area contributed by atoms with Gasteiger partial charge in [-0.3, -0.25) is 9.59 Å². The fourth-order valence-corrected chi connectivity index (χ4v) is 10.1. The number of rotatable bonds is 20. The quantitative estimate of drug-likeness (QED) is 0.0505. The number of amides is 4. The Morgan fingerprint density at radius 1 is 0.607 bits per heavy atom. The molecule has 4 N–H and O–H groups in total. The summed E-state index contributed by atoms with van der Waals surface area (Å²) in [7, 11) is 0. The van der Waals surface area contributed by atoms with Crippen LogP contribution in [0.15, 0.2) is 22.9 Å². The molecule has 0 bridgehead atoms. The van der Waals surface area contributed by atoms with Crippen molar-refractivity contribution >= 4 is 79.6 Å². The number of hydrogen-bond acceptors (Lipinski definition) is 12. The number of carbonyl (C=O) groups excluding carboxylic acids is 4. The van der Waals surface area contributed by atoms with Gasteiger partial charge in [0.25, 0.3) is 0 Å². The molecule has 0 spiro atoms. The van der Waals surface area contributed by atoms with Crippen molar-refractivity contribution in [3.8, 4) is 0 Å². The largest absolute Gasteiger partial charge is 0.442 e. The van der Waals surface area contributed by atoms with E-state index in [0.717, 1.165) is 75.6 Å². The molecule has 0 atom stereocenters. The summed E-state index contributed by atoms with van der Waals surface area (Å²) < 4.78 is 11.2. The topological polar surface area (TPSA) is 161 Å². The first kappa shape index (κ1) is 44.8. The lowest BCUT2D eigenvalue weighted by molar-refractivity contribution is -0.115. The molecular formula is C40H56N6O6S4. The Balaban J connectivity index is 1.07. The van der Waals surface area contributed by atoms with Crippen molar-refractivity contribution in [1.29, 1.82) is 0 Å². The molecule has 56 heavy (non-hydrogen) atoms. The van der Waals surface area contributed by atoms with E-state index in [4.69, 9.17) is 9.47 Å². The molecule has 0 saturated carbocycles. The Kier molecular flexibility index (Phi) is 16.9. The van der Waals surface area contributed by atoms with Gasteiger partial charge in [0.15, 0.2) is 10.3 Å². The first-order valence-electron chi connectivity index (χ1n) is 19.0. The third-order valence-electron chi connectivity index (χ3n) is 8.94. The van der Waals surface area contributed by atoms with Crippen molar-refractivity contribution in [2.45, 2.75) is 144 Å². The van der Waals surface area contributed by atoms with Crippen LogP contribution in [0, 0.1) is 13.8 Å². The van der Waals surface area contributed by atoms with Crippen LogP contribution in [0.25, 0.3) is 0 Å². The van der Waals surface area contributed by atoms with Crippen molar-refractivity contribution in [3.05, 3.63) is 64.9 Å². The number of anilines is 2. The maximum atomic E-state index is 12.5. The highest BCUT2D eigenvalue weighted by molar-refractivity contribution is 7.14. The van der Waals surface area contributed by atoms with E-state index in [1.807, 2.05) is 61.1 Å². The second-order valence-electron chi connectivity index (χ2n) is 15.3. The zero-order valence-corrected chi connectivity index (χ0v) is 37.0. The maximum Gasteiger partial charge on any atom is 0.426 e. The average Bonchev–Trinajstić information content (AvgIpc) is 3.89. The SMILES string of the molecule is CC(=O)Nc1nc(CCc2cc(C)c(CCCCC(C)(C)OC(=O)NNC(=O)OC(C)(C)CCCCc3sc(CCc4csc(NC(C)=O)n4)cc3C)s2)cs1. The highest BCUT2D eigenvalue weighted by Crippen LogP contribution is 2.29. The minimum absolute atomic E-state index is 0.114. The van der Waals surface area contributed by atoms with Crippen molar-refractivity contribution in [3.63, 3.8) is 0 Å². The van der Waals surface area contributed by atoms with Gasteiger partial charge in [-0.15, -0.1) is 45.3 Å². The number of aryl methyl sites for hydroxylation is 8. The lowest BCUT2D eigenvalue weighted by Gasteiger charge is -2.27. The van der Waals surface area contributed by atoms with Crippen molar-refractivity contribution < 1.29 is 28.7 Å². The maximum absolute atomic E-state index is 12.5. The molecule has 0 aliphatic rings. The van der Waals surface area contributed by atoms with Crippen LogP contribution in [-0.2, 0) is 57.6 Å². The summed E-state index contributed by atoms with van der Waals surface area (Å²) in [5.41, 5.74) is 7.77. The van der Waals surface area contributed by atoms with Gasteiger partial charge in [-0.25, -0.2) is 30.4 Å². The molecular weight excluding hydrogens is 789 g/mol. The van der Waals surface area contributed by atoms with E-state index in [1.54, 1.807) is 0 Å². The molecule has 0 aliphatic heterocycles. The van der Waals surface area contributed by atoms with Crippen molar-refractivity contribution in [2.75, 3.05) is 10.6 Å². The molecule has 4 heterocycles. The van der Waals surface area contributed by atoms with Gasteiger partial charge in [0.2, 0.25) is 11.8 Å². The molecule has 4 aromatic rings. The van der Waals surface area contributed by atoms with Crippen LogP contribution in [0.5, 0.6) is 0 Å². The van der Waals surface area contributed by atoms with E-state index in [-0.39, 0.29) is 11.8 Å². The number of hydrogen-bond donors (Lipinski definition) is 4. The van der Waals surface area contributed by atoms with Crippen LogP contribution in [0.3, 0.4) is 0 Å². The summed E-state index contributed by atoms with van der Waals surface area (Å²) in [4.78, 5) is 61.9. The minimum atomic E-state index is -0.736. The van der Waals surface area contributed by atoms with E-state index in [1.165, 1.54) is 67.2 Å². The number of thiazole rings is 2. The molecule has 306 valence electrons. The molecule has 4 aromatic heterocycles. The van der Waals surface area contributed by atoms with Gasteiger partial charge in [0, 0.05) is 44.1 Å². The summed E-state index contributed by atoms with van der Waals surface area (Å²) in [5, 5.41) is 10.7. The number of nitrogens with one attached hydrogen (secondary N) is 4. The number of hydrazine groups is 1. The highest BCUT2D eigenvalue weighted by atomic mass is 32.1. The van der Waals surface area contributed by atoms with Crippen LogP contribution in [0.1, 0.15) is 122 Å². The van der Waals surface area contributed by atoms with E-state index in [9.17, 15) is 19.2 Å². The predicted octanol–water partition coefficient (Wildman–Crippen LogP) is 9.88. The summed E-state index contributed by atoms with van der Waals surface area (Å²) in [6.07, 6.45) is 8.95. The Hall–Kier alpha value is -3.86. The minimum Gasteiger partial charge on any atom is -0.442 e. The molecule has 0 fully saturated rings. The van der Waals surface area contributed by atoms with Crippen LogP contribution >= 0.6 is 45.3 Å². The number of aromatic nitrogens is 2. The number of ether oxygens (including phenoxy) is 2.